The number of hydrogen-bond donors (Lipinski definition) is 0. The van der Waals surface area contributed by atoms with Crippen LogP contribution in [0.5, 0.6) is 0 Å². The third-order valence-corrected chi connectivity index (χ3v) is 5.62. The molecule has 0 saturated heterocycles. The molecule has 0 N–H and O–H groups in total. The van der Waals surface area contributed by atoms with Gasteiger partial charge in [-0.05, 0) is 28.0 Å². The molecule has 2 rings (SSSR count). The molecule has 0 fully saturated rings. The molecule has 82 valence electrons. The van der Waals surface area contributed by atoms with Crippen molar-refractivity contribution in [1.82, 2.24) is 0 Å². The average Bonchev–Trinajstić information content (AvgIpc) is 2.25. The topological polar surface area (TPSA) is 0 Å². The Balaban J connectivity index is 2.15. The van der Waals surface area contributed by atoms with Crippen LogP contribution in [-0.4, -0.2) is 11.5 Å². The van der Waals surface area contributed by atoms with Gasteiger partial charge in [0.25, 0.3) is 0 Å². The van der Waals surface area contributed by atoms with Crippen molar-refractivity contribution in [3.05, 3.63) is 35.4 Å². The van der Waals surface area contributed by atoms with Gasteiger partial charge in [0.1, 0.15) is 0 Å². The fourth-order valence-corrected chi connectivity index (χ4v) is 4.40. The van der Waals surface area contributed by atoms with Crippen LogP contribution in [0.2, 0.25) is 0 Å². The largest absolute Gasteiger partial charge is 0.157 e. The molecule has 1 aromatic carbocycles. The molecule has 1 aliphatic heterocycles. The third kappa shape index (κ3) is 3.18. The smallest absolute Gasteiger partial charge is 0.0187 e. The van der Waals surface area contributed by atoms with Crippen LogP contribution in [0, 0.1) is 5.41 Å². The summed E-state index contributed by atoms with van der Waals surface area (Å²) in [6, 6.07) is 8.88. The summed E-state index contributed by atoms with van der Waals surface area (Å²) in [4.78, 5) is 0. The van der Waals surface area contributed by atoms with Crippen molar-refractivity contribution in [2.75, 3.05) is 11.5 Å². The van der Waals surface area contributed by atoms with E-state index < -0.39 is 0 Å². The molecule has 0 radical (unpaired) electrons. The minimum Gasteiger partial charge on any atom is -0.157 e. The van der Waals surface area contributed by atoms with Crippen molar-refractivity contribution in [2.45, 2.75) is 25.4 Å². The van der Waals surface area contributed by atoms with E-state index in [1.807, 2.05) is 0 Å². The molecule has 2 heteroatoms. The first-order valence-electron chi connectivity index (χ1n) is 5.40. The molecule has 0 saturated carbocycles. The first kappa shape index (κ1) is 11.4. The number of thioether (sulfide) groups is 2. The minimum absolute atomic E-state index is 0.484. The van der Waals surface area contributed by atoms with Crippen LogP contribution in [0.15, 0.2) is 24.3 Å². The van der Waals surface area contributed by atoms with Crippen LogP contribution in [0.4, 0.5) is 0 Å². The zero-order valence-corrected chi connectivity index (χ0v) is 11.1. The minimum atomic E-state index is 0.484. The van der Waals surface area contributed by atoms with Crippen molar-refractivity contribution in [3.8, 4) is 0 Å². The Morgan fingerprint density at radius 2 is 1.40 bits per heavy atom. The summed E-state index contributed by atoms with van der Waals surface area (Å²) in [6.07, 6.45) is 0. The molecule has 0 unspecified atom stereocenters. The van der Waals surface area contributed by atoms with Crippen LogP contribution in [-0.2, 0) is 11.5 Å². The van der Waals surface area contributed by atoms with Gasteiger partial charge in [-0.25, -0.2) is 0 Å². The first-order chi connectivity index (χ1) is 7.17. The van der Waals surface area contributed by atoms with Crippen molar-refractivity contribution in [1.29, 1.82) is 0 Å². The molecule has 0 bridgehead atoms. The second kappa shape index (κ2) is 4.84. The number of hydrogen-bond acceptors (Lipinski definition) is 2. The van der Waals surface area contributed by atoms with Crippen molar-refractivity contribution in [2.24, 2.45) is 5.41 Å². The third-order valence-electron chi connectivity index (χ3n) is 2.62. The lowest BCUT2D eigenvalue weighted by atomic mass is 10.0. The monoisotopic (exact) mass is 238 g/mol. The Morgan fingerprint density at radius 1 is 0.933 bits per heavy atom. The Bertz CT molecular complexity index is 300. The van der Waals surface area contributed by atoms with E-state index in [-0.39, 0.29) is 0 Å². The molecule has 15 heavy (non-hydrogen) atoms. The highest BCUT2D eigenvalue weighted by molar-refractivity contribution is 7.99. The van der Waals surface area contributed by atoms with E-state index in [4.69, 9.17) is 0 Å². The van der Waals surface area contributed by atoms with Crippen molar-refractivity contribution < 1.29 is 0 Å². The van der Waals surface area contributed by atoms with Gasteiger partial charge in [-0.3, -0.25) is 0 Å². The maximum Gasteiger partial charge on any atom is 0.0187 e. The lowest BCUT2D eigenvalue weighted by Crippen LogP contribution is -2.17. The molecule has 0 atom stereocenters. The van der Waals surface area contributed by atoms with E-state index in [2.05, 4.69) is 61.6 Å². The maximum absolute atomic E-state index is 2.38. The number of benzene rings is 1. The molecular weight excluding hydrogens is 220 g/mol. The van der Waals surface area contributed by atoms with E-state index in [1.165, 1.54) is 34.1 Å². The van der Waals surface area contributed by atoms with E-state index >= 15 is 0 Å². The zero-order chi connectivity index (χ0) is 10.7. The lowest BCUT2D eigenvalue weighted by molar-refractivity contribution is 0.492. The first-order valence-corrected chi connectivity index (χ1v) is 7.71. The standard InChI is InChI=1S/C13H18S2/c1-13(2)9-14-7-11-5-3-4-6-12(11)8-15-10-13/h3-6H,7-10H2,1-2H3. The van der Waals surface area contributed by atoms with Gasteiger partial charge in [0.05, 0.1) is 0 Å². The van der Waals surface area contributed by atoms with Crippen molar-refractivity contribution >= 4 is 23.5 Å². The normalized spacial score (nSPS) is 20.9. The summed E-state index contributed by atoms with van der Waals surface area (Å²) in [5, 5.41) is 0. The highest BCUT2D eigenvalue weighted by Gasteiger charge is 2.19. The molecule has 0 amide bonds. The van der Waals surface area contributed by atoms with Gasteiger partial charge in [-0.15, -0.1) is 0 Å². The summed E-state index contributed by atoms with van der Waals surface area (Å²) >= 11 is 4.16. The summed E-state index contributed by atoms with van der Waals surface area (Å²) in [5.41, 5.74) is 3.55. The summed E-state index contributed by atoms with van der Waals surface area (Å²) in [7, 11) is 0. The van der Waals surface area contributed by atoms with Gasteiger partial charge in [0, 0.05) is 11.5 Å². The van der Waals surface area contributed by atoms with Gasteiger partial charge in [0.2, 0.25) is 0 Å². The molecule has 0 aliphatic carbocycles. The van der Waals surface area contributed by atoms with Gasteiger partial charge < -0.3 is 0 Å². The van der Waals surface area contributed by atoms with Gasteiger partial charge in [-0.1, -0.05) is 38.1 Å². The summed E-state index contributed by atoms with van der Waals surface area (Å²) in [5.74, 6) is 4.91. The molecular formula is C13H18S2. The quantitative estimate of drug-likeness (QED) is 0.664. The Hall–Kier alpha value is -0.0800. The number of fused-ring (bicyclic) bond motifs is 1. The Labute approximate surface area is 101 Å². The van der Waals surface area contributed by atoms with E-state index in [9.17, 15) is 0 Å². The maximum atomic E-state index is 2.38. The van der Waals surface area contributed by atoms with Gasteiger partial charge >= 0.3 is 0 Å². The van der Waals surface area contributed by atoms with Crippen LogP contribution in [0.3, 0.4) is 0 Å². The molecule has 0 spiro atoms. The molecule has 0 aromatic heterocycles. The van der Waals surface area contributed by atoms with Crippen molar-refractivity contribution in [3.63, 3.8) is 0 Å². The zero-order valence-electron chi connectivity index (χ0n) is 9.45. The molecule has 1 aromatic rings. The molecule has 1 aliphatic rings. The number of rotatable bonds is 0. The van der Waals surface area contributed by atoms with Crippen LogP contribution in [0.25, 0.3) is 0 Å². The Kier molecular flexibility index (Phi) is 3.68. The average molecular weight is 238 g/mol. The van der Waals surface area contributed by atoms with E-state index in [0.29, 0.717) is 5.41 Å². The lowest BCUT2D eigenvalue weighted by Gasteiger charge is -2.22. The van der Waals surface area contributed by atoms with Crippen LogP contribution in [0.1, 0.15) is 25.0 Å². The molecule has 0 nitrogen and oxygen atoms in total. The Morgan fingerprint density at radius 3 is 1.87 bits per heavy atom. The predicted octanol–water partition coefficient (Wildman–Crippen LogP) is 4.19. The fraction of sp³-hybridized carbons (Fsp3) is 0.538. The fourth-order valence-electron chi connectivity index (χ4n) is 1.76. The van der Waals surface area contributed by atoms with E-state index in [0.717, 1.165) is 0 Å². The SMILES string of the molecule is CC1(C)CSCc2ccccc2CSC1. The second-order valence-electron chi connectivity index (χ2n) is 4.92. The van der Waals surface area contributed by atoms with Gasteiger partial charge in [0.15, 0.2) is 0 Å². The highest BCUT2D eigenvalue weighted by Crippen LogP contribution is 2.33. The highest BCUT2D eigenvalue weighted by atomic mass is 32.2. The molecule has 1 heterocycles. The summed E-state index contributed by atoms with van der Waals surface area (Å²) < 4.78 is 0. The second-order valence-corrected chi connectivity index (χ2v) is 6.89. The van der Waals surface area contributed by atoms with Crippen LogP contribution >= 0.6 is 23.5 Å². The van der Waals surface area contributed by atoms with E-state index in [1.54, 1.807) is 0 Å². The van der Waals surface area contributed by atoms with Gasteiger partial charge in [-0.2, -0.15) is 23.5 Å². The predicted molar refractivity (Wildman–Crippen MR) is 72.5 cm³/mol. The summed E-state index contributed by atoms with van der Waals surface area (Å²) in [6.45, 7) is 4.76. The van der Waals surface area contributed by atoms with Crippen LogP contribution < -0.4 is 0 Å².